The third kappa shape index (κ3) is 4.21. The summed E-state index contributed by atoms with van der Waals surface area (Å²) < 4.78 is 39.6. The van der Waals surface area contributed by atoms with E-state index < -0.39 is 11.7 Å². The molecular weight excluding hydrogens is 347 g/mol. The lowest BCUT2D eigenvalue weighted by atomic mass is 9.81. The van der Waals surface area contributed by atoms with Crippen LogP contribution in [0.2, 0.25) is 0 Å². The Morgan fingerprint density at radius 2 is 2.08 bits per heavy atom. The van der Waals surface area contributed by atoms with Crippen LogP contribution in [0.1, 0.15) is 35.8 Å². The van der Waals surface area contributed by atoms with E-state index in [1.807, 2.05) is 0 Å². The van der Waals surface area contributed by atoms with E-state index in [0.717, 1.165) is 42.7 Å². The molecule has 3 rings (SSSR count). The van der Waals surface area contributed by atoms with Gasteiger partial charge in [-0.15, -0.1) is 5.10 Å². The Hall–Kier alpha value is -2.42. The first-order valence-corrected chi connectivity index (χ1v) is 8.36. The van der Waals surface area contributed by atoms with Gasteiger partial charge in [-0.1, -0.05) is 18.2 Å². The van der Waals surface area contributed by atoms with Gasteiger partial charge in [-0.05, 0) is 49.5 Å². The van der Waals surface area contributed by atoms with Gasteiger partial charge in [-0.3, -0.25) is 4.79 Å². The molecule has 2 aromatic rings. The van der Waals surface area contributed by atoms with Crippen molar-refractivity contribution in [1.82, 2.24) is 25.6 Å². The first kappa shape index (κ1) is 18.4. The molecule has 1 aliphatic heterocycles. The van der Waals surface area contributed by atoms with Crippen LogP contribution in [0.3, 0.4) is 0 Å². The van der Waals surface area contributed by atoms with Gasteiger partial charge in [0.2, 0.25) is 0 Å². The zero-order chi connectivity index (χ0) is 18.8. The van der Waals surface area contributed by atoms with Crippen LogP contribution in [0.25, 0.3) is 5.69 Å². The van der Waals surface area contributed by atoms with E-state index in [4.69, 9.17) is 0 Å². The second-order valence-corrected chi connectivity index (χ2v) is 6.84. The molecule has 1 fully saturated rings. The maximum Gasteiger partial charge on any atom is 0.416 e. The molecule has 0 aliphatic carbocycles. The van der Waals surface area contributed by atoms with Crippen molar-refractivity contribution in [3.63, 3.8) is 0 Å². The van der Waals surface area contributed by atoms with E-state index in [0.29, 0.717) is 6.54 Å². The molecule has 2 heterocycles. The number of nitrogens with zero attached hydrogens (tertiary/aromatic N) is 3. The summed E-state index contributed by atoms with van der Waals surface area (Å²) >= 11 is 0. The molecule has 0 bridgehead atoms. The Morgan fingerprint density at radius 3 is 2.77 bits per heavy atom. The highest BCUT2D eigenvalue weighted by Gasteiger charge is 2.31. The molecule has 26 heavy (non-hydrogen) atoms. The normalized spacial score (nSPS) is 17.1. The van der Waals surface area contributed by atoms with E-state index in [9.17, 15) is 18.0 Å². The summed E-state index contributed by atoms with van der Waals surface area (Å²) in [5.74, 6) is -0.386. The quantitative estimate of drug-likeness (QED) is 0.871. The number of amides is 1. The fourth-order valence-corrected chi connectivity index (χ4v) is 2.91. The Balaban J connectivity index is 1.68. The molecular formula is C17H20F3N5O. The SMILES string of the molecule is CC1(CNC(=O)c2cn(-c3cccc(C(F)(F)F)c3)nn2)CCNCC1. The highest BCUT2D eigenvalue weighted by atomic mass is 19.4. The van der Waals surface area contributed by atoms with Gasteiger partial charge >= 0.3 is 6.18 Å². The summed E-state index contributed by atoms with van der Waals surface area (Å²) in [4.78, 5) is 12.3. The van der Waals surface area contributed by atoms with E-state index >= 15 is 0 Å². The molecule has 0 atom stereocenters. The number of rotatable bonds is 4. The van der Waals surface area contributed by atoms with Crippen molar-refractivity contribution in [3.05, 3.63) is 41.7 Å². The number of nitrogens with one attached hydrogen (secondary N) is 2. The first-order chi connectivity index (χ1) is 12.3. The molecule has 1 amide bonds. The number of carbonyl (C=O) groups excluding carboxylic acids is 1. The standard InChI is InChI=1S/C17H20F3N5O/c1-16(5-7-21-8-6-16)11-22-15(26)14-10-25(24-23-14)13-4-2-3-12(9-13)17(18,19)20/h2-4,9-10,21H,5-8,11H2,1H3,(H,22,26). The number of hydrogen-bond donors (Lipinski definition) is 2. The van der Waals surface area contributed by atoms with Gasteiger partial charge in [0.25, 0.3) is 5.91 Å². The van der Waals surface area contributed by atoms with E-state index in [1.165, 1.54) is 18.3 Å². The Bertz CT molecular complexity index is 781. The van der Waals surface area contributed by atoms with Crippen molar-refractivity contribution >= 4 is 5.91 Å². The Morgan fingerprint density at radius 1 is 1.35 bits per heavy atom. The molecule has 1 aromatic heterocycles. The van der Waals surface area contributed by atoms with Crippen LogP contribution in [0.4, 0.5) is 13.2 Å². The van der Waals surface area contributed by atoms with Crippen LogP contribution >= 0.6 is 0 Å². The monoisotopic (exact) mass is 367 g/mol. The predicted octanol–water partition coefficient (Wildman–Crippen LogP) is 2.41. The molecule has 0 spiro atoms. The van der Waals surface area contributed by atoms with Gasteiger partial charge in [0, 0.05) is 6.54 Å². The molecule has 0 radical (unpaired) electrons. The van der Waals surface area contributed by atoms with Crippen LogP contribution in [-0.2, 0) is 6.18 Å². The van der Waals surface area contributed by atoms with Crippen LogP contribution in [-0.4, -0.2) is 40.5 Å². The summed E-state index contributed by atoms with van der Waals surface area (Å²) in [6, 6.07) is 4.71. The van der Waals surface area contributed by atoms with Crippen molar-refractivity contribution in [1.29, 1.82) is 0 Å². The molecule has 2 N–H and O–H groups in total. The molecule has 6 nitrogen and oxygen atoms in total. The maximum absolute atomic E-state index is 12.8. The third-order valence-electron chi connectivity index (χ3n) is 4.65. The van der Waals surface area contributed by atoms with Gasteiger partial charge in [0.15, 0.2) is 5.69 Å². The first-order valence-electron chi connectivity index (χ1n) is 8.36. The van der Waals surface area contributed by atoms with Crippen molar-refractivity contribution in [2.24, 2.45) is 5.41 Å². The molecule has 1 aromatic carbocycles. The third-order valence-corrected chi connectivity index (χ3v) is 4.65. The second kappa shape index (κ2) is 7.06. The summed E-state index contributed by atoms with van der Waals surface area (Å²) in [7, 11) is 0. The Kier molecular flexibility index (Phi) is 4.99. The number of halogens is 3. The minimum absolute atomic E-state index is 0.0257. The number of piperidine rings is 1. The lowest BCUT2D eigenvalue weighted by Gasteiger charge is -2.33. The fourth-order valence-electron chi connectivity index (χ4n) is 2.91. The lowest BCUT2D eigenvalue weighted by Crippen LogP contribution is -2.43. The molecule has 140 valence electrons. The van der Waals surface area contributed by atoms with Gasteiger partial charge in [0.1, 0.15) is 0 Å². The largest absolute Gasteiger partial charge is 0.416 e. The average Bonchev–Trinajstić information content (AvgIpc) is 3.10. The number of hydrogen-bond acceptors (Lipinski definition) is 4. The summed E-state index contributed by atoms with van der Waals surface area (Å²) in [5, 5.41) is 13.7. The number of alkyl halides is 3. The summed E-state index contributed by atoms with van der Waals surface area (Å²) in [6.07, 6.45) is -1.19. The molecule has 0 saturated carbocycles. The van der Waals surface area contributed by atoms with Gasteiger partial charge < -0.3 is 10.6 Å². The zero-order valence-electron chi connectivity index (χ0n) is 14.3. The van der Waals surface area contributed by atoms with E-state index in [1.54, 1.807) is 0 Å². The second-order valence-electron chi connectivity index (χ2n) is 6.84. The van der Waals surface area contributed by atoms with Crippen molar-refractivity contribution < 1.29 is 18.0 Å². The van der Waals surface area contributed by atoms with Crippen LogP contribution in [0.5, 0.6) is 0 Å². The van der Waals surface area contributed by atoms with Crippen LogP contribution < -0.4 is 10.6 Å². The van der Waals surface area contributed by atoms with Gasteiger partial charge in [-0.2, -0.15) is 13.2 Å². The smallest absolute Gasteiger partial charge is 0.350 e. The van der Waals surface area contributed by atoms with E-state index in [-0.39, 0.29) is 22.7 Å². The number of aromatic nitrogens is 3. The fraction of sp³-hybridized carbons (Fsp3) is 0.471. The molecule has 1 aliphatic rings. The van der Waals surface area contributed by atoms with Crippen molar-refractivity contribution in [2.45, 2.75) is 25.9 Å². The minimum Gasteiger partial charge on any atom is -0.350 e. The molecule has 0 unspecified atom stereocenters. The highest BCUT2D eigenvalue weighted by Crippen LogP contribution is 2.30. The van der Waals surface area contributed by atoms with Crippen LogP contribution in [0, 0.1) is 5.41 Å². The molecule has 1 saturated heterocycles. The minimum atomic E-state index is -4.44. The topological polar surface area (TPSA) is 71.8 Å². The predicted molar refractivity (Wildman–Crippen MR) is 88.9 cm³/mol. The maximum atomic E-state index is 12.8. The Labute approximate surface area is 148 Å². The van der Waals surface area contributed by atoms with Crippen molar-refractivity contribution in [2.75, 3.05) is 19.6 Å². The summed E-state index contributed by atoms with van der Waals surface area (Å²) in [6.45, 7) is 4.47. The van der Waals surface area contributed by atoms with Gasteiger partial charge in [-0.25, -0.2) is 4.68 Å². The average molecular weight is 367 g/mol. The number of carbonyl (C=O) groups is 1. The molecule has 9 heteroatoms. The summed E-state index contributed by atoms with van der Waals surface area (Å²) in [5.41, 5.74) is -0.496. The van der Waals surface area contributed by atoms with Crippen LogP contribution in [0.15, 0.2) is 30.5 Å². The van der Waals surface area contributed by atoms with E-state index in [2.05, 4.69) is 27.9 Å². The van der Waals surface area contributed by atoms with Crippen molar-refractivity contribution in [3.8, 4) is 5.69 Å². The van der Waals surface area contributed by atoms with Gasteiger partial charge in [0.05, 0.1) is 17.4 Å². The lowest BCUT2D eigenvalue weighted by molar-refractivity contribution is -0.137. The highest BCUT2D eigenvalue weighted by molar-refractivity contribution is 5.91. The number of benzene rings is 1. The zero-order valence-corrected chi connectivity index (χ0v) is 14.3.